The Morgan fingerprint density at radius 1 is 1.79 bits per heavy atom. The molecule has 0 saturated carbocycles. The summed E-state index contributed by atoms with van der Waals surface area (Å²) in [6.45, 7) is 1.18. The van der Waals surface area contributed by atoms with Gasteiger partial charge < -0.3 is 15.2 Å². The lowest BCUT2D eigenvalue weighted by atomic mass is 10.2. The van der Waals surface area contributed by atoms with Gasteiger partial charge in [0.05, 0.1) is 13.2 Å². The number of carboxylic acids is 1. The van der Waals surface area contributed by atoms with E-state index < -0.39 is 12.0 Å². The number of nitrogens with zero attached hydrogens (tertiary/aromatic N) is 1. The van der Waals surface area contributed by atoms with E-state index in [9.17, 15) is 9.59 Å². The molecule has 1 aliphatic rings. The predicted molar refractivity (Wildman–Crippen MR) is 47.9 cm³/mol. The summed E-state index contributed by atoms with van der Waals surface area (Å²) in [6, 6.07) is -0.636. The first-order chi connectivity index (χ1) is 6.65. The van der Waals surface area contributed by atoms with Crippen LogP contribution in [0.5, 0.6) is 0 Å². The lowest BCUT2D eigenvalue weighted by molar-refractivity contribution is -0.146. The van der Waals surface area contributed by atoms with Gasteiger partial charge in [-0.15, -0.1) is 0 Å². The zero-order valence-electron chi connectivity index (χ0n) is 8.02. The first-order valence-electron chi connectivity index (χ1n) is 4.37. The van der Waals surface area contributed by atoms with Crippen LogP contribution in [-0.4, -0.2) is 61.3 Å². The lowest BCUT2D eigenvalue weighted by Crippen LogP contribution is -2.58. The number of rotatable bonds is 4. The van der Waals surface area contributed by atoms with Gasteiger partial charge in [0.15, 0.2) is 0 Å². The van der Waals surface area contributed by atoms with E-state index in [1.165, 1.54) is 0 Å². The Labute approximate surface area is 81.8 Å². The van der Waals surface area contributed by atoms with E-state index in [-0.39, 0.29) is 19.0 Å². The van der Waals surface area contributed by atoms with Crippen molar-refractivity contribution in [3.05, 3.63) is 0 Å². The maximum absolute atomic E-state index is 11.0. The molecule has 1 fully saturated rings. The summed E-state index contributed by atoms with van der Waals surface area (Å²) in [5, 5.41) is 11.4. The summed E-state index contributed by atoms with van der Waals surface area (Å²) in [7, 11) is 1.54. The number of hydrogen-bond acceptors (Lipinski definition) is 4. The number of carboxylic acid groups (broad SMARTS) is 1. The lowest BCUT2D eigenvalue weighted by Gasteiger charge is -2.32. The van der Waals surface area contributed by atoms with Gasteiger partial charge in [-0.05, 0) is 0 Å². The fourth-order valence-corrected chi connectivity index (χ4v) is 1.38. The quantitative estimate of drug-likeness (QED) is 0.581. The van der Waals surface area contributed by atoms with Crippen LogP contribution in [-0.2, 0) is 14.3 Å². The van der Waals surface area contributed by atoms with Gasteiger partial charge in [-0.25, -0.2) is 0 Å². The predicted octanol–water partition coefficient (Wildman–Crippen LogP) is -1.48. The molecule has 6 nitrogen and oxygen atoms in total. The highest BCUT2D eigenvalue weighted by molar-refractivity contribution is 5.83. The number of amides is 1. The maximum atomic E-state index is 11.0. The minimum Gasteiger partial charge on any atom is -0.480 e. The number of ether oxygens (including phenoxy) is 1. The SMILES string of the molecule is COCCN1CC(=O)NCC1C(=O)O. The van der Waals surface area contributed by atoms with Crippen molar-refractivity contribution in [2.24, 2.45) is 0 Å². The van der Waals surface area contributed by atoms with Gasteiger partial charge in [0.1, 0.15) is 6.04 Å². The third kappa shape index (κ3) is 2.68. The van der Waals surface area contributed by atoms with Crippen LogP contribution >= 0.6 is 0 Å². The molecule has 1 saturated heterocycles. The van der Waals surface area contributed by atoms with Crippen LogP contribution in [0.4, 0.5) is 0 Å². The van der Waals surface area contributed by atoms with E-state index >= 15 is 0 Å². The second-order valence-corrected chi connectivity index (χ2v) is 3.12. The highest BCUT2D eigenvalue weighted by Crippen LogP contribution is 2.03. The molecular formula is C8H14N2O4. The molecule has 1 aliphatic heterocycles. The Kier molecular flexibility index (Phi) is 3.84. The Morgan fingerprint density at radius 3 is 3.07 bits per heavy atom. The molecule has 1 unspecified atom stereocenters. The highest BCUT2D eigenvalue weighted by Gasteiger charge is 2.31. The van der Waals surface area contributed by atoms with E-state index in [0.717, 1.165) is 0 Å². The van der Waals surface area contributed by atoms with E-state index in [1.54, 1.807) is 12.0 Å². The Balaban J connectivity index is 2.54. The molecule has 14 heavy (non-hydrogen) atoms. The number of methoxy groups -OCH3 is 1. The third-order valence-corrected chi connectivity index (χ3v) is 2.15. The molecule has 2 N–H and O–H groups in total. The average Bonchev–Trinajstić information content (AvgIpc) is 2.14. The Morgan fingerprint density at radius 2 is 2.50 bits per heavy atom. The molecule has 1 rings (SSSR count). The van der Waals surface area contributed by atoms with Crippen LogP contribution in [0, 0.1) is 0 Å². The summed E-state index contributed by atoms with van der Waals surface area (Å²) < 4.78 is 4.84. The molecular weight excluding hydrogens is 188 g/mol. The maximum Gasteiger partial charge on any atom is 0.322 e. The number of carbonyl (C=O) groups is 2. The third-order valence-electron chi connectivity index (χ3n) is 2.15. The average molecular weight is 202 g/mol. The fraction of sp³-hybridized carbons (Fsp3) is 0.750. The molecule has 0 aromatic heterocycles. The summed E-state index contributed by atoms with van der Waals surface area (Å²) >= 11 is 0. The zero-order chi connectivity index (χ0) is 10.6. The molecule has 80 valence electrons. The van der Waals surface area contributed by atoms with E-state index in [1.807, 2.05) is 0 Å². The van der Waals surface area contributed by atoms with E-state index in [0.29, 0.717) is 13.2 Å². The normalized spacial score (nSPS) is 23.2. The van der Waals surface area contributed by atoms with Crippen LogP contribution in [0.25, 0.3) is 0 Å². The molecule has 0 radical (unpaired) electrons. The van der Waals surface area contributed by atoms with Crippen molar-refractivity contribution in [1.29, 1.82) is 0 Å². The van der Waals surface area contributed by atoms with Crippen molar-refractivity contribution in [1.82, 2.24) is 10.2 Å². The zero-order valence-corrected chi connectivity index (χ0v) is 8.02. The van der Waals surface area contributed by atoms with Crippen molar-refractivity contribution in [2.45, 2.75) is 6.04 Å². The van der Waals surface area contributed by atoms with Crippen molar-refractivity contribution < 1.29 is 19.4 Å². The van der Waals surface area contributed by atoms with Gasteiger partial charge in [-0.3, -0.25) is 14.5 Å². The van der Waals surface area contributed by atoms with Gasteiger partial charge in [-0.1, -0.05) is 0 Å². The monoisotopic (exact) mass is 202 g/mol. The van der Waals surface area contributed by atoms with Crippen molar-refractivity contribution in [3.8, 4) is 0 Å². The topological polar surface area (TPSA) is 78.9 Å². The molecule has 1 amide bonds. The summed E-state index contributed by atoms with van der Waals surface area (Å²) in [4.78, 5) is 23.4. The molecule has 6 heteroatoms. The largest absolute Gasteiger partial charge is 0.480 e. The van der Waals surface area contributed by atoms with Gasteiger partial charge in [0, 0.05) is 20.2 Å². The number of carbonyl (C=O) groups excluding carboxylic acids is 1. The molecule has 0 spiro atoms. The van der Waals surface area contributed by atoms with Crippen LogP contribution in [0.1, 0.15) is 0 Å². The smallest absolute Gasteiger partial charge is 0.322 e. The van der Waals surface area contributed by atoms with Gasteiger partial charge in [-0.2, -0.15) is 0 Å². The summed E-state index contributed by atoms with van der Waals surface area (Å²) in [6.07, 6.45) is 0. The van der Waals surface area contributed by atoms with E-state index in [2.05, 4.69) is 5.32 Å². The van der Waals surface area contributed by atoms with E-state index in [4.69, 9.17) is 9.84 Å². The summed E-state index contributed by atoms with van der Waals surface area (Å²) in [5.74, 6) is -1.06. The molecule has 1 atom stereocenters. The second-order valence-electron chi connectivity index (χ2n) is 3.12. The van der Waals surface area contributed by atoms with Crippen molar-refractivity contribution in [3.63, 3.8) is 0 Å². The minimum absolute atomic E-state index is 0.125. The second kappa shape index (κ2) is 4.92. The van der Waals surface area contributed by atoms with Crippen LogP contribution < -0.4 is 5.32 Å². The molecule has 0 bridgehead atoms. The van der Waals surface area contributed by atoms with Crippen molar-refractivity contribution >= 4 is 11.9 Å². The van der Waals surface area contributed by atoms with Gasteiger partial charge in [0.2, 0.25) is 5.91 Å². The first kappa shape index (κ1) is 10.9. The molecule has 0 aliphatic carbocycles. The van der Waals surface area contributed by atoms with Crippen molar-refractivity contribution in [2.75, 3.05) is 33.4 Å². The number of aliphatic carboxylic acids is 1. The van der Waals surface area contributed by atoms with Gasteiger partial charge in [0.25, 0.3) is 0 Å². The highest BCUT2D eigenvalue weighted by atomic mass is 16.5. The molecule has 1 heterocycles. The van der Waals surface area contributed by atoms with Crippen LogP contribution in [0.15, 0.2) is 0 Å². The standard InChI is InChI=1S/C8H14N2O4/c1-14-3-2-10-5-7(11)9-4-6(10)8(12)13/h6H,2-5H2,1H3,(H,9,11)(H,12,13). The number of piperazine rings is 1. The number of hydrogen-bond donors (Lipinski definition) is 2. The number of nitrogens with one attached hydrogen (secondary N) is 1. The molecule has 0 aromatic rings. The first-order valence-corrected chi connectivity index (χ1v) is 4.37. The van der Waals surface area contributed by atoms with Crippen LogP contribution in [0.3, 0.4) is 0 Å². The minimum atomic E-state index is -0.916. The molecule has 0 aromatic carbocycles. The van der Waals surface area contributed by atoms with Gasteiger partial charge >= 0.3 is 5.97 Å². The fourth-order valence-electron chi connectivity index (χ4n) is 1.38. The Hall–Kier alpha value is -1.14. The summed E-state index contributed by atoms with van der Waals surface area (Å²) in [5.41, 5.74) is 0. The van der Waals surface area contributed by atoms with Crippen LogP contribution in [0.2, 0.25) is 0 Å². The Bertz CT molecular complexity index is 231.